The summed E-state index contributed by atoms with van der Waals surface area (Å²) in [7, 11) is 0. The van der Waals surface area contributed by atoms with Crippen LogP contribution in [-0.2, 0) is 6.54 Å². The van der Waals surface area contributed by atoms with E-state index in [4.69, 9.17) is 25.3 Å². The molecule has 2 saturated heterocycles. The molecular weight excluding hydrogens is 492 g/mol. The fourth-order valence-electron chi connectivity index (χ4n) is 5.54. The van der Waals surface area contributed by atoms with E-state index in [1.54, 1.807) is 17.4 Å². The van der Waals surface area contributed by atoms with Crippen molar-refractivity contribution < 1.29 is 9.47 Å². The van der Waals surface area contributed by atoms with Crippen molar-refractivity contribution in [1.82, 2.24) is 30.2 Å². The average Bonchev–Trinajstić information content (AvgIpc) is 2.98. The van der Waals surface area contributed by atoms with Crippen molar-refractivity contribution in [2.45, 2.75) is 58.0 Å². The monoisotopic (exact) mass is 532 g/mol. The number of anilines is 1. The number of hydrogen-bond acceptors (Lipinski definition) is 10. The van der Waals surface area contributed by atoms with E-state index in [-0.39, 0.29) is 6.04 Å². The predicted molar refractivity (Wildman–Crippen MR) is 152 cm³/mol. The molecule has 208 valence electrons. The number of likely N-dealkylation sites (tertiary alicyclic amines) is 1. The van der Waals surface area contributed by atoms with Crippen LogP contribution < -0.4 is 25.6 Å². The first-order valence-electron chi connectivity index (χ1n) is 14.2. The van der Waals surface area contributed by atoms with E-state index >= 15 is 0 Å². The lowest BCUT2D eigenvalue weighted by atomic mass is 9.88. The van der Waals surface area contributed by atoms with Crippen LogP contribution in [0.1, 0.15) is 56.6 Å². The highest BCUT2D eigenvalue weighted by Crippen LogP contribution is 2.34. The summed E-state index contributed by atoms with van der Waals surface area (Å²) in [4.78, 5) is 21.2. The Hall–Kier alpha value is -3.34. The van der Waals surface area contributed by atoms with Gasteiger partial charge in [-0.3, -0.25) is 9.91 Å². The molecule has 3 aromatic rings. The van der Waals surface area contributed by atoms with Crippen LogP contribution in [0.5, 0.6) is 11.5 Å². The Kier molecular flexibility index (Phi) is 9.18. The zero-order valence-electron chi connectivity index (χ0n) is 23.1. The Morgan fingerprint density at radius 1 is 0.949 bits per heavy atom. The predicted octanol–water partition coefficient (Wildman–Crippen LogP) is 3.54. The van der Waals surface area contributed by atoms with Gasteiger partial charge in [0, 0.05) is 36.8 Å². The molecule has 2 aliphatic heterocycles. The summed E-state index contributed by atoms with van der Waals surface area (Å²) in [5, 5.41) is 5.12. The van der Waals surface area contributed by atoms with Gasteiger partial charge in [0.15, 0.2) is 5.82 Å². The Morgan fingerprint density at radius 2 is 1.62 bits per heavy atom. The third kappa shape index (κ3) is 6.81. The number of aromatic nitrogens is 4. The Labute approximate surface area is 230 Å². The molecule has 2 aliphatic rings. The summed E-state index contributed by atoms with van der Waals surface area (Å²) in [6.07, 6.45) is 9.43. The van der Waals surface area contributed by atoms with Crippen LogP contribution in [-0.4, -0.2) is 70.3 Å². The van der Waals surface area contributed by atoms with Crippen LogP contribution >= 0.6 is 0 Å². The van der Waals surface area contributed by atoms with Crippen LogP contribution in [0.25, 0.3) is 11.5 Å². The molecule has 5 rings (SSSR count). The molecule has 0 amide bonds. The van der Waals surface area contributed by atoms with Crippen LogP contribution in [0.2, 0.25) is 0 Å². The summed E-state index contributed by atoms with van der Waals surface area (Å²) in [6, 6.07) is 8.25. The van der Waals surface area contributed by atoms with E-state index in [0.717, 1.165) is 81.2 Å². The molecule has 0 radical (unpaired) electrons. The lowest BCUT2D eigenvalue weighted by Gasteiger charge is -2.33. The normalized spacial score (nSPS) is 17.2. The Morgan fingerprint density at radius 3 is 2.26 bits per heavy atom. The highest BCUT2D eigenvalue weighted by molar-refractivity contribution is 5.57. The molecule has 4 heterocycles. The zero-order valence-corrected chi connectivity index (χ0v) is 23.1. The second-order valence-corrected chi connectivity index (χ2v) is 10.2. The molecule has 0 unspecified atom stereocenters. The molecule has 0 saturated carbocycles. The van der Waals surface area contributed by atoms with Gasteiger partial charge in [-0.05, 0) is 95.4 Å². The van der Waals surface area contributed by atoms with Crippen LogP contribution in [0.3, 0.4) is 0 Å². The van der Waals surface area contributed by atoms with Crippen molar-refractivity contribution in [3.05, 3.63) is 54.0 Å². The van der Waals surface area contributed by atoms with Gasteiger partial charge in [0.1, 0.15) is 17.2 Å². The summed E-state index contributed by atoms with van der Waals surface area (Å²) in [5.41, 5.74) is 3.09. The van der Waals surface area contributed by atoms with Crippen molar-refractivity contribution in [2.75, 3.05) is 44.4 Å². The van der Waals surface area contributed by atoms with Crippen molar-refractivity contribution in [3.63, 3.8) is 0 Å². The summed E-state index contributed by atoms with van der Waals surface area (Å²) < 4.78 is 11.6. The quantitative estimate of drug-likeness (QED) is 0.297. The minimum Gasteiger partial charge on any atom is -0.494 e. The standard InChI is InChI=1S/C29H40N8O2/c1-3-38-24-16-21(17-25(18-24)39-4-2)20-36-14-8-22(9-15-36)26-19-34-29(37(30)23-6-12-31-13-7-23)35-27(26)28-32-10-5-11-33-28/h5,10-11,16-19,22-23,31H,3-4,6-9,12-15,20,30H2,1-2H3. The molecule has 2 fully saturated rings. The van der Waals surface area contributed by atoms with Gasteiger partial charge < -0.3 is 14.8 Å². The number of rotatable bonds is 10. The van der Waals surface area contributed by atoms with E-state index in [0.29, 0.717) is 30.9 Å². The zero-order chi connectivity index (χ0) is 27.0. The van der Waals surface area contributed by atoms with Gasteiger partial charge in [0.05, 0.1) is 19.3 Å². The third-order valence-electron chi connectivity index (χ3n) is 7.51. The number of hydrogen-bond donors (Lipinski definition) is 2. The van der Waals surface area contributed by atoms with Gasteiger partial charge in [-0.2, -0.15) is 0 Å². The minimum atomic E-state index is 0.217. The molecule has 39 heavy (non-hydrogen) atoms. The molecule has 1 aromatic carbocycles. The SMILES string of the molecule is CCOc1cc(CN2CCC(c3cnc(N(N)C4CCNCC4)nc3-c3ncccn3)CC2)cc(OCC)c1. The van der Waals surface area contributed by atoms with Gasteiger partial charge >= 0.3 is 0 Å². The van der Waals surface area contributed by atoms with E-state index < -0.39 is 0 Å². The van der Waals surface area contributed by atoms with Crippen molar-refractivity contribution >= 4 is 5.95 Å². The van der Waals surface area contributed by atoms with Gasteiger partial charge in [0.2, 0.25) is 5.95 Å². The second kappa shape index (κ2) is 13.1. The minimum absolute atomic E-state index is 0.217. The third-order valence-corrected chi connectivity index (χ3v) is 7.51. The van der Waals surface area contributed by atoms with Crippen molar-refractivity contribution in [2.24, 2.45) is 5.84 Å². The van der Waals surface area contributed by atoms with E-state index in [2.05, 4.69) is 32.3 Å². The maximum Gasteiger partial charge on any atom is 0.240 e. The number of hydrazine groups is 1. The van der Waals surface area contributed by atoms with E-state index in [1.165, 1.54) is 5.56 Å². The molecule has 0 spiro atoms. The largest absolute Gasteiger partial charge is 0.494 e. The first kappa shape index (κ1) is 27.2. The van der Waals surface area contributed by atoms with Crippen molar-refractivity contribution in [3.8, 4) is 23.0 Å². The summed E-state index contributed by atoms with van der Waals surface area (Å²) in [6.45, 7) is 9.98. The fourth-order valence-corrected chi connectivity index (χ4v) is 5.54. The first-order chi connectivity index (χ1) is 19.1. The van der Waals surface area contributed by atoms with E-state index in [9.17, 15) is 0 Å². The van der Waals surface area contributed by atoms with Crippen LogP contribution in [0.15, 0.2) is 42.9 Å². The molecule has 0 atom stereocenters. The Bertz CT molecular complexity index is 1170. The lowest BCUT2D eigenvalue weighted by molar-refractivity contribution is 0.204. The first-order valence-corrected chi connectivity index (χ1v) is 14.2. The maximum atomic E-state index is 6.51. The Balaban J connectivity index is 1.31. The number of benzene rings is 1. The molecule has 2 aromatic heterocycles. The van der Waals surface area contributed by atoms with Gasteiger partial charge in [-0.25, -0.2) is 25.8 Å². The topological polar surface area (TPSA) is 115 Å². The maximum absolute atomic E-state index is 6.51. The van der Waals surface area contributed by atoms with Crippen LogP contribution in [0.4, 0.5) is 5.95 Å². The molecule has 10 heteroatoms. The molecule has 0 bridgehead atoms. The highest BCUT2D eigenvalue weighted by atomic mass is 16.5. The number of nitrogens with zero attached hydrogens (tertiary/aromatic N) is 6. The fraction of sp³-hybridized carbons (Fsp3) is 0.517. The average molecular weight is 533 g/mol. The number of ether oxygens (including phenoxy) is 2. The summed E-state index contributed by atoms with van der Waals surface area (Å²) in [5.74, 6) is 9.70. The molecule has 0 aliphatic carbocycles. The summed E-state index contributed by atoms with van der Waals surface area (Å²) >= 11 is 0. The van der Waals surface area contributed by atoms with Gasteiger partial charge in [0.25, 0.3) is 0 Å². The lowest BCUT2D eigenvalue weighted by Crippen LogP contribution is -2.48. The molecular formula is C29H40N8O2. The van der Waals surface area contributed by atoms with Gasteiger partial charge in [-0.15, -0.1) is 0 Å². The van der Waals surface area contributed by atoms with Crippen LogP contribution in [0, 0.1) is 0 Å². The van der Waals surface area contributed by atoms with Crippen molar-refractivity contribution in [1.29, 1.82) is 0 Å². The highest BCUT2D eigenvalue weighted by Gasteiger charge is 2.27. The van der Waals surface area contributed by atoms with E-state index in [1.807, 2.05) is 32.2 Å². The second-order valence-electron chi connectivity index (χ2n) is 10.2. The number of nitrogens with two attached hydrogens (primary N) is 1. The number of nitrogens with one attached hydrogen (secondary N) is 1. The number of piperidine rings is 2. The molecule has 3 N–H and O–H groups in total. The smallest absolute Gasteiger partial charge is 0.240 e. The molecule has 10 nitrogen and oxygen atoms in total. The van der Waals surface area contributed by atoms with Gasteiger partial charge in [-0.1, -0.05) is 0 Å².